The molecule has 0 atom stereocenters. The summed E-state index contributed by atoms with van der Waals surface area (Å²) in [5.74, 6) is -0.410. The number of nitro benzene ring substituents is 1. The zero-order valence-corrected chi connectivity index (χ0v) is 14.6. The number of hydrogen-bond donors (Lipinski definition) is 0. The average Bonchev–Trinajstić information content (AvgIpc) is 2.58. The third-order valence-electron chi connectivity index (χ3n) is 3.52. The largest absolute Gasteiger partial charge is 0.336 e. The highest BCUT2D eigenvalue weighted by Gasteiger charge is 2.18. The third-order valence-corrected chi connectivity index (χ3v) is 3.88. The van der Waals surface area contributed by atoms with E-state index in [2.05, 4.69) is 5.10 Å². The Bertz CT molecular complexity index is 865. The van der Waals surface area contributed by atoms with Gasteiger partial charge in [-0.05, 0) is 24.1 Å². The molecule has 25 heavy (non-hydrogen) atoms. The third kappa shape index (κ3) is 4.42. The highest BCUT2D eigenvalue weighted by Crippen LogP contribution is 2.23. The number of amides is 1. The summed E-state index contributed by atoms with van der Waals surface area (Å²) in [5.41, 5.74) is 0.198. The first-order chi connectivity index (χ1) is 11.8. The summed E-state index contributed by atoms with van der Waals surface area (Å²) >= 11 is 6.06. The molecule has 0 unspecified atom stereocenters. The van der Waals surface area contributed by atoms with Crippen LogP contribution in [0.15, 0.2) is 35.1 Å². The Morgan fingerprint density at radius 1 is 1.36 bits per heavy atom. The van der Waals surface area contributed by atoms with Gasteiger partial charge in [-0.15, -0.1) is 0 Å². The minimum atomic E-state index is -0.524. The summed E-state index contributed by atoms with van der Waals surface area (Å²) in [6.45, 7) is 2.40. The molecule has 0 aliphatic heterocycles. The number of nitro groups is 1. The molecule has 2 rings (SSSR count). The molecule has 8 nitrogen and oxygen atoms in total. The van der Waals surface area contributed by atoms with Gasteiger partial charge in [-0.2, -0.15) is 5.10 Å². The van der Waals surface area contributed by atoms with Crippen LogP contribution in [0.3, 0.4) is 0 Å². The van der Waals surface area contributed by atoms with Gasteiger partial charge in [0.15, 0.2) is 0 Å². The Morgan fingerprint density at radius 3 is 2.72 bits per heavy atom. The van der Waals surface area contributed by atoms with Gasteiger partial charge in [0.2, 0.25) is 0 Å². The summed E-state index contributed by atoms with van der Waals surface area (Å²) in [6.07, 6.45) is 0.712. The number of rotatable bonds is 6. The van der Waals surface area contributed by atoms with E-state index >= 15 is 0 Å². The maximum atomic E-state index is 12.5. The van der Waals surface area contributed by atoms with Crippen LogP contribution in [0.5, 0.6) is 0 Å². The van der Waals surface area contributed by atoms with Crippen molar-refractivity contribution >= 4 is 23.2 Å². The molecule has 1 amide bonds. The molecule has 0 saturated carbocycles. The van der Waals surface area contributed by atoms with Crippen molar-refractivity contribution in [1.82, 2.24) is 14.7 Å². The zero-order valence-electron chi connectivity index (χ0n) is 13.8. The highest BCUT2D eigenvalue weighted by molar-refractivity contribution is 6.31. The fourth-order valence-corrected chi connectivity index (χ4v) is 2.43. The van der Waals surface area contributed by atoms with Gasteiger partial charge >= 0.3 is 0 Å². The molecule has 0 N–H and O–H groups in total. The van der Waals surface area contributed by atoms with Crippen molar-refractivity contribution in [2.24, 2.45) is 0 Å². The molecule has 1 aromatic carbocycles. The predicted octanol–water partition coefficient (Wildman–Crippen LogP) is 2.49. The Labute approximate surface area is 148 Å². The van der Waals surface area contributed by atoms with E-state index in [0.29, 0.717) is 23.6 Å². The number of halogens is 1. The molecule has 0 aliphatic rings. The van der Waals surface area contributed by atoms with Gasteiger partial charge in [-0.1, -0.05) is 18.5 Å². The molecule has 9 heteroatoms. The summed E-state index contributed by atoms with van der Waals surface area (Å²) in [7, 11) is 1.54. The van der Waals surface area contributed by atoms with E-state index in [9.17, 15) is 19.7 Å². The van der Waals surface area contributed by atoms with Crippen molar-refractivity contribution in [1.29, 1.82) is 0 Å². The first kappa shape index (κ1) is 18.6. The van der Waals surface area contributed by atoms with Crippen molar-refractivity contribution in [3.63, 3.8) is 0 Å². The Balaban J connectivity index is 2.24. The van der Waals surface area contributed by atoms with Crippen LogP contribution in [0.4, 0.5) is 5.69 Å². The van der Waals surface area contributed by atoms with Crippen molar-refractivity contribution in [2.75, 3.05) is 7.05 Å². The SMILES string of the molecule is CCCn1nc(C(=O)N(C)Cc2cc([N+](=O)[O-])ccc2Cl)ccc1=O. The minimum Gasteiger partial charge on any atom is -0.336 e. The molecule has 0 spiro atoms. The molecular formula is C16H17ClN4O4. The van der Waals surface area contributed by atoms with Crippen LogP contribution >= 0.6 is 11.6 Å². The normalized spacial score (nSPS) is 10.5. The molecule has 1 heterocycles. The molecule has 2 aromatic rings. The first-order valence-corrected chi connectivity index (χ1v) is 7.97. The zero-order chi connectivity index (χ0) is 18.6. The Hall–Kier alpha value is -2.74. The highest BCUT2D eigenvalue weighted by atomic mass is 35.5. The van der Waals surface area contributed by atoms with Crippen molar-refractivity contribution in [3.05, 3.63) is 67.1 Å². The van der Waals surface area contributed by atoms with E-state index in [-0.39, 0.29) is 23.5 Å². The van der Waals surface area contributed by atoms with Crippen molar-refractivity contribution < 1.29 is 9.72 Å². The minimum absolute atomic E-state index is 0.0773. The van der Waals surface area contributed by atoms with Gasteiger partial charge < -0.3 is 4.90 Å². The topological polar surface area (TPSA) is 98.3 Å². The fourth-order valence-electron chi connectivity index (χ4n) is 2.25. The number of nitrogens with zero attached hydrogens (tertiary/aromatic N) is 4. The van der Waals surface area contributed by atoms with Crippen LogP contribution in [0.2, 0.25) is 5.02 Å². The lowest BCUT2D eigenvalue weighted by atomic mass is 10.2. The van der Waals surface area contributed by atoms with E-state index in [1.165, 1.54) is 47.0 Å². The first-order valence-electron chi connectivity index (χ1n) is 7.60. The number of aryl methyl sites for hydroxylation is 1. The van der Waals surface area contributed by atoms with Crippen molar-refractivity contribution in [2.45, 2.75) is 26.4 Å². The summed E-state index contributed by atoms with van der Waals surface area (Å²) in [5, 5.41) is 15.3. The standard InChI is InChI=1S/C16H17ClN4O4/c1-3-8-20-15(22)7-6-14(18-20)16(23)19(2)10-11-9-12(21(24)25)4-5-13(11)17/h4-7,9H,3,8,10H2,1-2H3. The lowest BCUT2D eigenvalue weighted by Gasteiger charge is -2.18. The predicted molar refractivity (Wildman–Crippen MR) is 92.7 cm³/mol. The second-order valence-electron chi connectivity index (χ2n) is 5.47. The maximum absolute atomic E-state index is 12.5. The lowest BCUT2D eigenvalue weighted by Crippen LogP contribution is -2.31. The monoisotopic (exact) mass is 364 g/mol. The second kappa shape index (κ2) is 7.89. The van der Waals surface area contributed by atoms with E-state index < -0.39 is 10.8 Å². The van der Waals surface area contributed by atoms with Crippen LogP contribution in [0.25, 0.3) is 0 Å². The molecule has 0 radical (unpaired) electrons. The fraction of sp³-hybridized carbons (Fsp3) is 0.312. The van der Waals surface area contributed by atoms with Crippen LogP contribution in [0, 0.1) is 10.1 Å². The number of hydrogen-bond acceptors (Lipinski definition) is 5. The van der Waals surface area contributed by atoms with Crippen molar-refractivity contribution in [3.8, 4) is 0 Å². The number of non-ortho nitro benzene ring substituents is 1. The quantitative estimate of drug-likeness (QED) is 0.579. The number of carbonyl (C=O) groups excluding carboxylic acids is 1. The van der Waals surface area contributed by atoms with E-state index in [1.54, 1.807) is 0 Å². The number of carbonyl (C=O) groups is 1. The lowest BCUT2D eigenvalue weighted by molar-refractivity contribution is -0.384. The maximum Gasteiger partial charge on any atom is 0.274 e. The average molecular weight is 365 g/mol. The summed E-state index contributed by atoms with van der Waals surface area (Å²) < 4.78 is 1.24. The van der Waals surface area contributed by atoms with Gasteiger partial charge in [-0.3, -0.25) is 19.7 Å². The summed E-state index contributed by atoms with van der Waals surface area (Å²) in [4.78, 5) is 35.9. The Morgan fingerprint density at radius 2 is 2.08 bits per heavy atom. The second-order valence-corrected chi connectivity index (χ2v) is 5.88. The van der Waals surface area contributed by atoms with E-state index in [4.69, 9.17) is 11.6 Å². The molecule has 132 valence electrons. The van der Waals surface area contributed by atoms with Gasteiger partial charge in [0.05, 0.1) is 4.92 Å². The summed E-state index contributed by atoms with van der Waals surface area (Å²) in [6, 6.07) is 6.72. The molecule has 0 bridgehead atoms. The molecular weight excluding hydrogens is 348 g/mol. The van der Waals surface area contributed by atoms with E-state index in [0.717, 1.165) is 0 Å². The number of aromatic nitrogens is 2. The van der Waals surface area contributed by atoms with Crippen LogP contribution in [0.1, 0.15) is 29.4 Å². The van der Waals surface area contributed by atoms with Gasteiger partial charge in [0, 0.05) is 43.4 Å². The van der Waals surface area contributed by atoms with Crippen LogP contribution < -0.4 is 5.56 Å². The van der Waals surface area contributed by atoms with Gasteiger partial charge in [-0.25, -0.2) is 4.68 Å². The number of benzene rings is 1. The Kier molecular flexibility index (Phi) is 5.87. The van der Waals surface area contributed by atoms with E-state index in [1.807, 2.05) is 6.92 Å². The molecule has 0 fully saturated rings. The van der Waals surface area contributed by atoms with Crippen LogP contribution in [-0.4, -0.2) is 32.6 Å². The van der Waals surface area contributed by atoms with Gasteiger partial charge in [0.1, 0.15) is 5.69 Å². The smallest absolute Gasteiger partial charge is 0.274 e. The molecule has 0 aliphatic carbocycles. The molecule has 1 aromatic heterocycles. The van der Waals surface area contributed by atoms with Crippen LogP contribution in [-0.2, 0) is 13.1 Å². The van der Waals surface area contributed by atoms with Gasteiger partial charge in [0.25, 0.3) is 17.2 Å². The molecule has 0 saturated heterocycles.